The highest BCUT2D eigenvalue weighted by molar-refractivity contribution is 14.0. The number of morpholine rings is 1. The molecule has 152 valence electrons. The van der Waals surface area contributed by atoms with Gasteiger partial charge in [0.15, 0.2) is 5.96 Å². The van der Waals surface area contributed by atoms with Crippen molar-refractivity contribution < 1.29 is 4.74 Å². The number of hydrogen-bond acceptors (Lipinski definition) is 3. The van der Waals surface area contributed by atoms with E-state index < -0.39 is 0 Å². The first-order valence-electron chi connectivity index (χ1n) is 9.85. The van der Waals surface area contributed by atoms with Gasteiger partial charge in [-0.2, -0.15) is 0 Å². The highest BCUT2D eigenvalue weighted by Gasteiger charge is 2.30. The van der Waals surface area contributed by atoms with Crippen molar-refractivity contribution in [3.63, 3.8) is 0 Å². The first-order chi connectivity index (χ1) is 12.8. The molecule has 0 aromatic heterocycles. The Kier molecular flexibility index (Phi) is 10.2. The second-order valence-corrected chi connectivity index (χ2v) is 7.44. The molecule has 27 heavy (non-hydrogen) atoms. The second kappa shape index (κ2) is 12.1. The van der Waals surface area contributed by atoms with Crippen LogP contribution in [-0.2, 0) is 11.2 Å². The molecule has 0 saturated carbocycles. The number of hydrogen-bond donors (Lipinski definition) is 1. The number of ether oxygens (including phenoxy) is 1. The van der Waals surface area contributed by atoms with Crippen LogP contribution in [0, 0.1) is 0 Å². The minimum absolute atomic E-state index is 0. The number of guanidine groups is 1. The largest absolute Gasteiger partial charge is 0.379 e. The fourth-order valence-electron chi connectivity index (χ4n) is 3.72. The van der Waals surface area contributed by atoms with Gasteiger partial charge in [-0.3, -0.25) is 9.89 Å². The predicted molar refractivity (Wildman–Crippen MR) is 124 cm³/mol. The van der Waals surface area contributed by atoms with Crippen LogP contribution in [0.25, 0.3) is 0 Å². The summed E-state index contributed by atoms with van der Waals surface area (Å²) < 4.78 is 5.48. The van der Waals surface area contributed by atoms with Crippen molar-refractivity contribution in [3.05, 3.63) is 34.9 Å². The first-order valence-corrected chi connectivity index (χ1v) is 10.2. The summed E-state index contributed by atoms with van der Waals surface area (Å²) in [7, 11) is 0. The Labute approximate surface area is 185 Å². The van der Waals surface area contributed by atoms with Crippen LogP contribution in [0.1, 0.15) is 25.3 Å². The van der Waals surface area contributed by atoms with Crippen molar-refractivity contribution in [2.75, 3.05) is 52.5 Å². The third-order valence-electron chi connectivity index (χ3n) is 5.16. The molecule has 1 atom stereocenters. The lowest BCUT2D eigenvalue weighted by molar-refractivity contribution is 0.0195. The molecule has 0 bridgehead atoms. The summed E-state index contributed by atoms with van der Waals surface area (Å²) in [6.07, 6.45) is 3.31. The van der Waals surface area contributed by atoms with E-state index in [-0.39, 0.29) is 24.0 Å². The summed E-state index contributed by atoms with van der Waals surface area (Å²) in [6.45, 7) is 9.93. The molecule has 2 aliphatic rings. The van der Waals surface area contributed by atoms with Gasteiger partial charge in [-0.1, -0.05) is 23.7 Å². The van der Waals surface area contributed by atoms with Gasteiger partial charge in [-0.25, -0.2) is 0 Å². The summed E-state index contributed by atoms with van der Waals surface area (Å²) in [5, 5.41) is 4.27. The maximum absolute atomic E-state index is 5.94. The zero-order valence-electron chi connectivity index (χ0n) is 16.2. The Morgan fingerprint density at radius 1 is 1.22 bits per heavy atom. The SMILES string of the molecule is CCNC(=NCCCc1ccc(Cl)cc1)N1CCC(N2CCOCC2)C1.I. The van der Waals surface area contributed by atoms with Crippen LogP contribution in [0.15, 0.2) is 29.3 Å². The van der Waals surface area contributed by atoms with Gasteiger partial charge >= 0.3 is 0 Å². The Hall–Kier alpha value is -0.570. The summed E-state index contributed by atoms with van der Waals surface area (Å²) in [6, 6.07) is 8.76. The van der Waals surface area contributed by atoms with E-state index in [1.165, 1.54) is 12.0 Å². The lowest BCUT2D eigenvalue weighted by Gasteiger charge is -2.32. The molecule has 2 aliphatic heterocycles. The molecule has 7 heteroatoms. The van der Waals surface area contributed by atoms with E-state index in [0.29, 0.717) is 6.04 Å². The standard InChI is InChI=1S/C20H31ClN4O.HI/c1-2-22-20(23-10-3-4-17-5-7-18(21)8-6-17)25-11-9-19(16-25)24-12-14-26-15-13-24;/h5-8,19H,2-4,9-16H2,1H3,(H,22,23);1H. The third-order valence-corrected chi connectivity index (χ3v) is 5.41. The summed E-state index contributed by atoms with van der Waals surface area (Å²) in [4.78, 5) is 9.87. The molecule has 1 aromatic carbocycles. The van der Waals surface area contributed by atoms with Crippen molar-refractivity contribution >= 4 is 41.5 Å². The fourth-order valence-corrected chi connectivity index (χ4v) is 3.85. The average Bonchev–Trinajstić information content (AvgIpc) is 3.16. The van der Waals surface area contributed by atoms with Crippen LogP contribution >= 0.6 is 35.6 Å². The molecule has 5 nitrogen and oxygen atoms in total. The predicted octanol–water partition coefficient (Wildman–Crippen LogP) is 3.26. The molecular formula is C20H32ClIN4O. The van der Waals surface area contributed by atoms with Gasteiger partial charge in [0.1, 0.15) is 0 Å². The zero-order valence-corrected chi connectivity index (χ0v) is 19.3. The highest BCUT2D eigenvalue weighted by Crippen LogP contribution is 2.17. The molecule has 1 N–H and O–H groups in total. The molecular weight excluding hydrogens is 475 g/mol. The van der Waals surface area contributed by atoms with Crippen LogP contribution in [0.2, 0.25) is 5.02 Å². The minimum atomic E-state index is 0. The normalized spacial score (nSPS) is 21.2. The lowest BCUT2D eigenvalue weighted by atomic mass is 10.1. The van der Waals surface area contributed by atoms with Gasteiger partial charge < -0.3 is 15.0 Å². The van der Waals surface area contributed by atoms with Crippen molar-refractivity contribution in [2.24, 2.45) is 4.99 Å². The Bertz CT molecular complexity index is 578. The van der Waals surface area contributed by atoms with E-state index in [9.17, 15) is 0 Å². The number of likely N-dealkylation sites (tertiary alicyclic amines) is 1. The Morgan fingerprint density at radius 2 is 1.96 bits per heavy atom. The summed E-state index contributed by atoms with van der Waals surface area (Å²) in [5.74, 6) is 1.07. The molecule has 1 unspecified atom stereocenters. The summed E-state index contributed by atoms with van der Waals surface area (Å²) in [5.41, 5.74) is 1.32. The quantitative estimate of drug-likeness (QED) is 0.278. The zero-order chi connectivity index (χ0) is 18.2. The molecule has 0 spiro atoms. The number of rotatable bonds is 6. The minimum Gasteiger partial charge on any atom is -0.379 e. The van der Waals surface area contributed by atoms with Crippen molar-refractivity contribution in [2.45, 2.75) is 32.2 Å². The molecule has 0 amide bonds. The maximum atomic E-state index is 5.94. The van der Waals surface area contributed by atoms with E-state index in [1.807, 2.05) is 12.1 Å². The second-order valence-electron chi connectivity index (χ2n) is 7.00. The van der Waals surface area contributed by atoms with E-state index in [2.05, 4.69) is 34.2 Å². The van der Waals surface area contributed by atoms with Crippen molar-refractivity contribution in [1.29, 1.82) is 0 Å². The number of halogens is 2. The van der Waals surface area contributed by atoms with E-state index >= 15 is 0 Å². The monoisotopic (exact) mass is 506 g/mol. The van der Waals surface area contributed by atoms with E-state index in [1.54, 1.807) is 0 Å². The van der Waals surface area contributed by atoms with Crippen LogP contribution < -0.4 is 5.32 Å². The molecule has 2 heterocycles. The lowest BCUT2D eigenvalue weighted by Crippen LogP contribution is -2.46. The van der Waals surface area contributed by atoms with E-state index in [0.717, 1.165) is 76.3 Å². The molecule has 3 rings (SSSR count). The fraction of sp³-hybridized carbons (Fsp3) is 0.650. The number of benzene rings is 1. The number of nitrogens with zero attached hydrogens (tertiary/aromatic N) is 3. The highest BCUT2D eigenvalue weighted by atomic mass is 127. The molecule has 2 fully saturated rings. The number of nitrogens with one attached hydrogen (secondary N) is 1. The maximum Gasteiger partial charge on any atom is 0.193 e. The Morgan fingerprint density at radius 3 is 2.67 bits per heavy atom. The van der Waals surface area contributed by atoms with Crippen LogP contribution in [0.5, 0.6) is 0 Å². The smallest absolute Gasteiger partial charge is 0.193 e. The third kappa shape index (κ3) is 7.07. The van der Waals surface area contributed by atoms with Gasteiger partial charge in [0, 0.05) is 50.3 Å². The number of aryl methyl sites for hydroxylation is 1. The van der Waals surface area contributed by atoms with Crippen LogP contribution in [0.3, 0.4) is 0 Å². The van der Waals surface area contributed by atoms with Crippen molar-refractivity contribution in [3.8, 4) is 0 Å². The topological polar surface area (TPSA) is 40.1 Å². The van der Waals surface area contributed by atoms with Gasteiger partial charge in [0.2, 0.25) is 0 Å². The van der Waals surface area contributed by atoms with Gasteiger partial charge in [0.25, 0.3) is 0 Å². The first kappa shape index (κ1) is 22.7. The molecule has 0 aliphatic carbocycles. The number of aliphatic imine (C=N–C) groups is 1. The van der Waals surface area contributed by atoms with Gasteiger partial charge in [-0.05, 0) is 43.9 Å². The molecule has 1 aromatic rings. The van der Waals surface area contributed by atoms with E-state index in [4.69, 9.17) is 21.3 Å². The molecule has 0 radical (unpaired) electrons. The van der Waals surface area contributed by atoms with Gasteiger partial charge in [0.05, 0.1) is 13.2 Å². The van der Waals surface area contributed by atoms with Crippen molar-refractivity contribution in [1.82, 2.24) is 15.1 Å². The summed E-state index contributed by atoms with van der Waals surface area (Å²) >= 11 is 5.94. The van der Waals surface area contributed by atoms with Crippen LogP contribution in [-0.4, -0.2) is 74.3 Å². The van der Waals surface area contributed by atoms with Gasteiger partial charge in [-0.15, -0.1) is 24.0 Å². The molecule has 2 saturated heterocycles. The Balaban J connectivity index is 0.00000261. The van der Waals surface area contributed by atoms with Crippen LogP contribution in [0.4, 0.5) is 0 Å². The average molecular weight is 507 g/mol.